The van der Waals surface area contributed by atoms with Gasteiger partial charge in [0.05, 0.1) is 17.6 Å². The van der Waals surface area contributed by atoms with Crippen molar-refractivity contribution in [1.29, 1.82) is 0 Å². The van der Waals surface area contributed by atoms with Gasteiger partial charge in [-0.25, -0.2) is 0 Å². The number of anilines is 2. The summed E-state index contributed by atoms with van der Waals surface area (Å²) in [6.07, 6.45) is 3.37. The van der Waals surface area contributed by atoms with Gasteiger partial charge in [0, 0.05) is 22.7 Å². The van der Waals surface area contributed by atoms with Crippen LogP contribution < -0.4 is 11.2 Å². The summed E-state index contributed by atoms with van der Waals surface area (Å²) in [7, 11) is 0. The second-order valence-corrected chi connectivity index (χ2v) is 4.56. The zero-order valence-electron chi connectivity index (χ0n) is 11.5. The van der Waals surface area contributed by atoms with Crippen molar-refractivity contribution in [1.82, 2.24) is 15.2 Å². The summed E-state index contributed by atoms with van der Waals surface area (Å²) in [5.74, 6) is 0.608. The molecule has 104 valence electrons. The van der Waals surface area contributed by atoms with Crippen LogP contribution in [-0.2, 0) is 0 Å². The third-order valence-corrected chi connectivity index (χ3v) is 3.05. The van der Waals surface area contributed by atoms with Crippen LogP contribution in [0.5, 0.6) is 0 Å². The SMILES string of the molecule is C/C(=N\Nc1nncc2ccccc12)c1cc(N)ccn1. The van der Waals surface area contributed by atoms with E-state index in [1.54, 1.807) is 24.5 Å². The molecule has 0 fully saturated rings. The Bertz CT molecular complexity index is 807. The van der Waals surface area contributed by atoms with Crippen molar-refractivity contribution < 1.29 is 0 Å². The van der Waals surface area contributed by atoms with Crippen LogP contribution in [-0.4, -0.2) is 20.9 Å². The molecule has 3 N–H and O–H groups in total. The van der Waals surface area contributed by atoms with Gasteiger partial charge in [-0.1, -0.05) is 24.3 Å². The van der Waals surface area contributed by atoms with Crippen LogP contribution in [0.15, 0.2) is 53.9 Å². The first-order valence-corrected chi connectivity index (χ1v) is 6.46. The summed E-state index contributed by atoms with van der Waals surface area (Å²) in [6.45, 7) is 1.85. The number of rotatable bonds is 3. The molecule has 0 spiro atoms. The summed E-state index contributed by atoms with van der Waals surface area (Å²) < 4.78 is 0. The normalized spacial score (nSPS) is 11.6. The molecule has 0 amide bonds. The Morgan fingerprint density at radius 3 is 2.95 bits per heavy atom. The molecule has 6 nitrogen and oxygen atoms in total. The highest BCUT2D eigenvalue weighted by molar-refractivity contribution is 5.98. The molecular formula is C15H14N6. The van der Waals surface area contributed by atoms with Crippen molar-refractivity contribution in [3.63, 3.8) is 0 Å². The first kappa shape index (κ1) is 13.0. The van der Waals surface area contributed by atoms with Crippen LogP contribution >= 0.6 is 0 Å². The predicted molar refractivity (Wildman–Crippen MR) is 84.0 cm³/mol. The highest BCUT2D eigenvalue weighted by atomic mass is 15.3. The Morgan fingerprint density at radius 1 is 1.24 bits per heavy atom. The second-order valence-electron chi connectivity index (χ2n) is 4.56. The highest BCUT2D eigenvalue weighted by Gasteiger charge is 2.03. The molecule has 0 aliphatic heterocycles. The molecule has 0 saturated carbocycles. The van der Waals surface area contributed by atoms with Gasteiger partial charge >= 0.3 is 0 Å². The van der Waals surface area contributed by atoms with E-state index in [0.717, 1.165) is 22.2 Å². The van der Waals surface area contributed by atoms with Gasteiger partial charge in [-0.15, -0.1) is 5.10 Å². The Morgan fingerprint density at radius 2 is 2.10 bits per heavy atom. The first-order valence-electron chi connectivity index (χ1n) is 6.46. The van der Waals surface area contributed by atoms with Crippen LogP contribution in [0.2, 0.25) is 0 Å². The maximum atomic E-state index is 5.74. The number of nitrogens with zero attached hydrogens (tertiary/aromatic N) is 4. The lowest BCUT2D eigenvalue weighted by molar-refractivity contribution is 1.04. The number of aromatic nitrogens is 3. The van der Waals surface area contributed by atoms with E-state index in [1.165, 1.54) is 0 Å². The zero-order valence-corrected chi connectivity index (χ0v) is 11.5. The Kier molecular flexibility index (Phi) is 3.42. The number of benzene rings is 1. The fourth-order valence-corrected chi connectivity index (χ4v) is 1.95. The minimum absolute atomic E-state index is 0.608. The minimum Gasteiger partial charge on any atom is -0.399 e. The summed E-state index contributed by atoms with van der Waals surface area (Å²) in [4.78, 5) is 4.23. The Hall–Kier alpha value is -3.02. The van der Waals surface area contributed by atoms with E-state index < -0.39 is 0 Å². The monoisotopic (exact) mass is 278 g/mol. The standard InChI is InChI=1S/C15H14N6/c1-10(14-8-12(16)6-7-17-14)19-21-15-13-5-3-2-4-11(13)9-18-20-15/h2-9H,1H3,(H2,16,17)(H,20,21)/b19-10+. The molecule has 0 bridgehead atoms. The predicted octanol–water partition coefficient (Wildman–Crippen LogP) is 2.44. The smallest absolute Gasteiger partial charge is 0.176 e. The molecule has 0 unspecified atom stereocenters. The van der Waals surface area contributed by atoms with E-state index in [4.69, 9.17) is 5.73 Å². The van der Waals surface area contributed by atoms with Gasteiger partial charge in [0.15, 0.2) is 5.82 Å². The molecule has 3 aromatic rings. The lowest BCUT2D eigenvalue weighted by atomic mass is 10.2. The molecule has 0 saturated heterocycles. The van der Waals surface area contributed by atoms with Crippen molar-refractivity contribution in [3.8, 4) is 0 Å². The molecule has 0 atom stereocenters. The lowest BCUT2D eigenvalue weighted by Crippen LogP contribution is -2.04. The quantitative estimate of drug-likeness (QED) is 0.567. The number of hydrazone groups is 1. The third kappa shape index (κ3) is 2.79. The number of hydrogen-bond acceptors (Lipinski definition) is 6. The highest BCUT2D eigenvalue weighted by Crippen LogP contribution is 2.19. The molecule has 1 aromatic carbocycles. The first-order chi connectivity index (χ1) is 10.2. The van der Waals surface area contributed by atoms with Crippen molar-refractivity contribution in [2.45, 2.75) is 6.92 Å². The summed E-state index contributed by atoms with van der Waals surface area (Å²) in [5, 5.41) is 14.3. The maximum absolute atomic E-state index is 5.74. The fraction of sp³-hybridized carbons (Fsp3) is 0.0667. The van der Waals surface area contributed by atoms with Crippen LogP contribution in [0.1, 0.15) is 12.6 Å². The van der Waals surface area contributed by atoms with Crippen LogP contribution in [0, 0.1) is 0 Å². The fourth-order valence-electron chi connectivity index (χ4n) is 1.95. The van der Waals surface area contributed by atoms with E-state index in [2.05, 4.69) is 25.7 Å². The number of nitrogen functional groups attached to an aromatic ring is 1. The van der Waals surface area contributed by atoms with Crippen LogP contribution in [0.3, 0.4) is 0 Å². The molecule has 0 aliphatic rings. The average Bonchev–Trinajstić information content (AvgIpc) is 2.52. The molecular weight excluding hydrogens is 264 g/mol. The lowest BCUT2D eigenvalue weighted by Gasteiger charge is -2.05. The summed E-state index contributed by atoms with van der Waals surface area (Å²) >= 11 is 0. The zero-order chi connectivity index (χ0) is 14.7. The summed E-state index contributed by atoms with van der Waals surface area (Å²) in [6, 6.07) is 11.4. The molecule has 0 radical (unpaired) electrons. The van der Waals surface area contributed by atoms with Crippen LogP contribution in [0.25, 0.3) is 10.8 Å². The molecule has 0 aliphatic carbocycles. The van der Waals surface area contributed by atoms with Crippen molar-refractivity contribution in [3.05, 3.63) is 54.5 Å². The average molecular weight is 278 g/mol. The second kappa shape index (κ2) is 5.54. The van der Waals surface area contributed by atoms with E-state index >= 15 is 0 Å². The molecule has 21 heavy (non-hydrogen) atoms. The minimum atomic E-state index is 0.608. The van der Waals surface area contributed by atoms with Gasteiger partial charge in [-0.2, -0.15) is 10.2 Å². The molecule has 6 heteroatoms. The van der Waals surface area contributed by atoms with E-state index in [9.17, 15) is 0 Å². The third-order valence-electron chi connectivity index (χ3n) is 3.05. The van der Waals surface area contributed by atoms with Crippen molar-refractivity contribution in [2.75, 3.05) is 11.2 Å². The Balaban J connectivity index is 1.90. The Labute approximate surface area is 121 Å². The van der Waals surface area contributed by atoms with Crippen molar-refractivity contribution in [2.24, 2.45) is 5.10 Å². The van der Waals surface area contributed by atoms with E-state index in [1.807, 2.05) is 31.2 Å². The largest absolute Gasteiger partial charge is 0.399 e. The van der Waals surface area contributed by atoms with E-state index in [-0.39, 0.29) is 0 Å². The van der Waals surface area contributed by atoms with Gasteiger partial charge in [0.1, 0.15) is 0 Å². The number of fused-ring (bicyclic) bond motifs is 1. The molecule has 3 rings (SSSR count). The number of pyridine rings is 1. The van der Waals surface area contributed by atoms with Crippen LogP contribution in [0.4, 0.5) is 11.5 Å². The molecule has 2 aromatic heterocycles. The van der Waals surface area contributed by atoms with Crippen molar-refractivity contribution >= 4 is 28.0 Å². The number of nitrogens with one attached hydrogen (secondary N) is 1. The molecule has 2 heterocycles. The number of nitrogens with two attached hydrogens (primary N) is 1. The maximum Gasteiger partial charge on any atom is 0.176 e. The topological polar surface area (TPSA) is 89.1 Å². The van der Waals surface area contributed by atoms with Gasteiger partial charge in [-0.05, 0) is 19.1 Å². The van der Waals surface area contributed by atoms with Gasteiger partial charge in [0.25, 0.3) is 0 Å². The summed E-state index contributed by atoms with van der Waals surface area (Å²) in [5.41, 5.74) is 10.8. The van der Waals surface area contributed by atoms with Gasteiger partial charge in [0.2, 0.25) is 0 Å². The van der Waals surface area contributed by atoms with E-state index in [0.29, 0.717) is 11.5 Å². The van der Waals surface area contributed by atoms with Gasteiger partial charge < -0.3 is 5.73 Å². The number of hydrogen-bond donors (Lipinski definition) is 2. The van der Waals surface area contributed by atoms with Gasteiger partial charge in [-0.3, -0.25) is 10.4 Å².